The number of hydrogen-bond acceptors (Lipinski definition) is 3. The third kappa shape index (κ3) is 8.93. The fourth-order valence-corrected chi connectivity index (χ4v) is 1.36. The van der Waals surface area contributed by atoms with Gasteiger partial charge in [-0.25, -0.2) is 0 Å². The molecular formula is C16H21N3O2. The van der Waals surface area contributed by atoms with Gasteiger partial charge in [0.2, 0.25) is 11.8 Å². The lowest BCUT2D eigenvalue weighted by Gasteiger charge is -2.05. The van der Waals surface area contributed by atoms with E-state index in [1.165, 1.54) is 0 Å². The third-order valence-electron chi connectivity index (χ3n) is 2.47. The summed E-state index contributed by atoms with van der Waals surface area (Å²) in [6.07, 6.45) is 9.63. The van der Waals surface area contributed by atoms with Crippen molar-refractivity contribution in [3.8, 4) is 0 Å². The van der Waals surface area contributed by atoms with Crippen LogP contribution in [0.25, 0.3) is 6.08 Å². The van der Waals surface area contributed by atoms with Gasteiger partial charge in [-0.15, -0.1) is 0 Å². The summed E-state index contributed by atoms with van der Waals surface area (Å²) in [5, 5.41) is 0. The molecule has 0 radical (unpaired) electrons. The van der Waals surface area contributed by atoms with Gasteiger partial charge in [-0.2, -0.15) is 0 Å². The van der Waals surface area contributed by atoms with E-state index in [0.29, 0.717) is 6.42 Å². The quantitative estimate of drug-likeness (QED) is 0.865. The second-order valence-corrected chi connectivity index (χ2v) is 3.96. The SMILES string of the molecule is C=CC(N)=O.C=CN1CCCC1=O.C=Cc1ccncc1. The van der Waals surface area contributed by atoms with Crippen LogP contribution in [0.4, 0.5) is 0 Å². The Morgan fingerprint density at radius 2 is 1.86 bits per heavy atom. The van der Waals surface area contributed by atoms with Crippen molar-refractivity contribution in [1.29, 1.82) is 0 Å². The first kappa shape index (κ1) is 18.3. The van der Waals surface area contributed by atoms with Crippen LogP contribution in [0.15, 0.2) is 56.5 Å². The first-order valence-electron chi connectivity index (χ1n) is 6.41. The molecule has 1 aromatic heterocycles. The lowest BCUT2D eigenvalue weighted by Crippen LogP contribution is -2.16. The van der Waals surface area contributed by atoms with Gasteiger partial charge >= 0.3 is 0 Å². The smallest absolute Gasteiger partial charge is 0.240 e. The number of carbonyl (C=O) groups is 2. The Bertz CT molecular complexity index is 484. The zero-order valence-electron chi connectivity index (χ0n) is 12.1. The summed E-state index contributed by atoms with van der Waals surface area (Å²) in [5.74, 6) is -0.273. The summed E-state index contributed by atoms with van der Waals surface area (Å²) < 4.78 is 0. The lowest BCUT2D eigenvalue weighted by atomic mass is 10.3. The van der Waals surface area contributed by atoms with Gasteiger partial charge in [-0.05, 0) is 36.4 Å². The van der Waals surface area contributed by atoms with Crippen molar-refractivity contribution >= 4 is 17.9 Å². The molecule has 1 aliphatic heterocycles. The Morgan fingerprint density at radius 1 is 1.29 bits per heavy atom. The molecule has 1 fully saturated rings. The monoisotopic (exact) mass is 287 g/mol. The van der Waals surface area contributed by atoms with Crippen molar-refractivity contribution in [1.82, 2.24) is 9.88 Å². The van der Waals surface area contributed by atoms with E-state index < -0.39 is 5.91 Å². The van der Waals surface area contributed by atoms with Gasteiger partial charge in [0.05, 0.1) is 0 Å². The maximum atomic E-state index is 10.7. The van der Waals surface area contributed by atoms with Crippen molar-refractivity contribution in [2.24, 2.45) is 5.73 Å². The average molecular weight is 287 g/mol. The molecule has 1 aliphatic rings. The number of rotatable bonds is 3. The molecule has 112 valence electrons. The second-order valence-electron chi connectivity index (χ2n) is 3.96. The fourth-order valence-electron chi connectivity index (χ4n) is 1.36. The van der Waals surface area contributed by atoms with E-state index in [0.717, 1.165) is 24.6 Å². The second kappa shape index (κ2) is 11.2. The summed E-state index contributed by atoms with van der Waals surface area (Å²) >= 11 is 0. The van der Waals surface area contributed by atoms with Gasteiger partial charge in [-0.1, -0.05) is 25.8 Å². The Balaban J connectivity index is 0.000000296. The van der Waals surface area contributed by atoms with Crippen LogP contribution in [-0.2, 0) is 9.59 Å². The van der Waals surface area contributed by atoms with Crippen molar-refractivity contribution in [2.45, 2.75) is 12.8 Å². The third-order valence-corrected chi connectivity index (χ3v) is 2.47. The molecule has 5 heteroatoms. The predicted octanol–water partition coefficient (Wildman–Crippen LogP) is 2.13. The number of primary amides is 1. The molecule has 2 amide bonds. The van der Waals surface area contributed by atoms with Crippen LogP contribution < -0.4 is 5.73 Å². The van der Waals surface area contributed by atoms with Crippen LogP contribution in [0.5, 0.6) is 0 Å². The van der Waals surface area contributed by atoms with Gasteiger partial charge in [0.15, 0.2) is 0 Å². The maximum Gasteiger partial charge on any atom is 0.240 e. The molecule has 2 heterocycles. The number of aromatic nitrogens is 1. The Hall–Kier alpha value is -2.69. The highest BCUT2D eigenvalue weighted by molar-refractivity contribution is 5.85. The van der Waals surface area contributed by atoms with Gasteiger partial charge in [0.25, 0.3) is 0 Å². The van der Waals surface area contributed by atoms with Crippen molar-refractivity contribution in [2.75, 3.05) is 6.54 Å². The minimum Gasteiger partial charge on any atom is -0.366 e. The van der Waals surface area contributed by atoms with Crippen LogP contribution in [0.2, 0.25) is 0 Å². The molecule has 0 bridgehead atoms. The number of nitrogens with zero attached hydrogens (tertiary/aromatic N) is 2. The maximum absolute atomic E-state index is 10.7. The topological polar surface area (TPSA) is 76.3 Å². The summed E-state index contributed by atoms with van der Waals surface area (Å²) in [6, 6.07) is 3.82. The molecule has 5 nitrogen and oxygen atoms in total. The van der Waals surface area contributed by atoms with E-state index in [1.807, 2.05) is 12.1 Å². The highest BCUT2D eigenvalue weighted by Gasteiger charge is 2.15. The van der Waals surface area contributed by atoms with Crippen molar-refractivity contribution in [3.05, 3.63) is 62.1 Å². The van der Waals surface area contributed by atoms with E-state index in [-0.39, 0.29) is 5.91 Å². The molecule has 0 saturated carbocycles. The molecule has 0 aromatic carbocycles. The summed E-state index contributed by atoms with van der Waals surface area (Å²) in [6.45, 7) is 11.1. The number of pyridine rings is 1. The summed E-state index contributed by atoms with van der Waals surface area (Å²) in [7, 11) is 0. The molecule has 2 rings (SSSR count). The first-order valence-corrected chi connectivity index (χ1v) is 6.41. The van der Waals surface area contributed by atoms with Crippen LogP contribution in [0.1, 0.15) is 18.4 Å². The highest BCUT2D eigenvalue weighted by atomic mass is 16.2. The fraction of sp³-hybridized carbons (Fsp3) is 0.188. The molecule has 1 aromatic rings. The van der Waals surface area contributed by atoms with Gasteiger partial charge in [0, 0.05) is 25.4 Å². The van der Waals surface area contributed by atoms with E-state index in [4.69, 9.17) is 0 Å². The number of amides is 2. The lowest BCUT2D eigenvalue weighted by molar-refractivity contribution is -0.125. The predicted molar refractivity (Wildman–Crippen MR) is 84.9 cm³/mol. The van der Waals surface area contributed by atoms with Gasteiger partial charge < -0.3 is 10.6 Å². The van der Waals surface area contributed by atoms with Crippen LogP contribution in [0.3, 0.4) is 0 Å². The summed E-state index contributed by atoms with van der Waals surface area (Å²) in [4.78, 5) is 25.6. The van der Waals surface area contributed by atoms with Crippen LogP contribution >= 0.6 is 0 Å². The number of likely N-dealkylation sites (tertiary alicyclic amines) is 1. The Labute approximate surface area is 125 Å². The molecule has 21 heavy (non-hydrogen) atoms. The van der Waals surface area contributed by atoms with Gasteiger partial charge in [0.1, 0.15) is 0 Å². The molecular weight excluding hydrogens is 266 g/mol. The largest absolute Gasteiger partial charge is 0.366 e. The normalized spacial score (nSPS) is 12.2. The molecule has 0 atom stereocenters. The number of carbonyl (C=O) groups excluding carboxylic acids is 2. The zero-order valence-corrected chi connectivity index (χ0v) is 12.1. The molecule has 0 aliphatic carbocycles. The minimum absolute atomic E-state index is 0.208. The molecule has 2 N–H and O–H groups in total. The van der Waals surface area contributed by atoms with E-state index in [2.05, 4.69) is 30.5 Å². The Morgan fingerprint density at radius 3 is 2.10 bits per heavy atom. The number of nitrogens with two attached hydrogens (primary N) is 1. The molecule has 0 unspecified atom stereocenters. The molecule has 1 saturated heterocycles. The minimum atomic E-state index is -0.481. The first-order chi connectivity index (χ1) is 10.0. The van der Waals surface area contributed by atoms with E-state index >= 15 is 0 Å². The highest BCUT2D eigenvalue weighted by Crippen LogP contribution is 2.08. The average Bonchev–Trinajstić information content (AvgIpc) is 2.94. The van der Waals surface area contributed by atoms with Gasteiger partial charge in [-0.3, -0.25) is 14.6 Å². The van der Waals surface area contributed by atoms with E-state index in [1.54, 1.807) is 29.6 Å². The van der Waals surface area contributed by atoms with Crippen LogP contribution in [0, 0.1) is 0 Å². The summed E-state index contributed by atoms with van der Waals surface area (Å²) in [5.41, 5.74) is 5.65. The molecule has 0 spiro atoms. The van der Waals surface area contributed by atoms with Crippen molar-refractivity contribution < 1.29 is 9.59 Å². The van der Waals surface area contributed by atoms with E-state index in [9.17, 15) is 9.59 Å². The standard InChI is InChI=1S/C7H7N.C6H9NO.C3H5NO/c1-2-7-3-5-8-6-4-7;1-2-7-5-3-4-6(7)8;1-2-3(4)5/h2-6H,1H2;2H,1,3-5H2;2H,1H2,(H2,4,5). The van der Waals surface area contributed by atoms with Crippen molar-refractivity contribution in [3.63, 3.8) is 0 Å². The number of hydrogen-bond donors (Lipinski definition) is 1. The zero-order chi connectivity index (χ0) is 16.1. The Kier molecular flexibility index (Phi) is 9.73. The van der Waals surface area contributed by atoms with Crippen LogP contribution in [-0.4, -0.2) is 28.2 Å².